The number of allylic oxidation sites excluding steroid dienone is 1. The fraction of sp³-hybridized carbons (Fsp3) is 0.158. The lowest BCUT2D eigenvalue weighted by Crippen LogP contribution is -2.48. The highest BCUT2D eigenvalue weighted by atomic mass is 35.5. The van der Waals surface area contributed by atoms with E-state index in [1.54, 1.807) is 17.9 Å². The van der Waals surface area contributed by atoms with Gasteiger partial charge in [-0.25, -0.2) is 9.18 Å². The second kappa shape index (κ2) is 7.43. The summed E-state index contributed by atoms with van der Waals surface area (Å²) in [4.78, 5) is 14.2. The Kier molecular flexibility index (Phi) is 5.25. The highest BCUT2D eigenvalue weighted by molar-refractivity contribution is 7.80. The maximum Gasteiger partial charge on any atom is 0.337 e. The quantitative estimate of drug-likeness (QED) is 0.623. The summed E-state index contributed by atoms with van der Waals surface area (Å²) in [6.07, 6.45) is 0. The summed E-state index contributed by atoms with van der Waals surface area (Å²) in [5.74, 6) is -1.11. The Morgan fingerprint density at radius 3 is 2.54 bits per heavy atom. The molecule has 3 rings (SSSR count). The number of halogens is 2. The number of ether oxygens (including phenoxy) is 1. The van der Waals surface area contributed by atoms with Crippen LogP contribution in [0.1, 0.15) is 18.5 Å². The molecule has 1 heterocycles. The topological polar surface area (TPSA) is 41.6 Å². The third-order valence-corrected chi connectivity index (χ3v) is 4.82. The number of hydrogen-bond donors (Lipinski definition) is 1. The molecule has 2 aromatic rings. The van der Waals surface area contributed by atoms with Crippen molar-refractivity contribution in [2.75, 3.05) is 12.0 Å². The molecule has 0 aromatic heterocycles. The van der Waals surface area contributed by atoms with Gasteiger partial charge in [0.05, 0.1) is 18.7 Å². The molecule has 0 radical (unpaired) electrons. The van der Waals surface area contributed by atoms with Crippen LogP contribution >= 0.6 is 23.8 Å². The van der Waals surface area contributed by atoms with Crippen LogP contribution in [0.2, 0.25) is 5.02 Å². The van der Waals surface area contributed by atoms with E-state index in [0.717, 1.165) is 5.69 Å². The molecule has 0 fully saturated rings. The van der Waals surface area contributed by atoms with Gasteiger partial charge in [0.25, 0.3) is 0 Å². The summed E-state index contributed by atoms with van der Waals surface area (Å²) < 4.78 is 19.4. The highest BCUT2D eigenvalue weighted by Crippen LogP contribution is 2.37. The van der Waals surface area contributed by atoms with Gasteiger partial charge in [-0.05, 0) is 43.4 Å². The molecule has 134 valence electrons. The van der Waals surface area contributed by atoms with E-state index in [1.165, 1.54) is 19.2 Å². The summed E-state index contributed by atoms with van der Waals surface area (Å²) in [7, 11) is 1.28. The highest BCUT2D eigenvalue weighted by Gasteiger charge is 2.37. The number of nitrogens with zero attached hydrogens (tertiary/aromatic N) is 1. The fourth-order valence-electron chi connectivity index (χ4n) is 3.01. The van der Waals surface area contributed by atoms with Crippen molar-refractivity contribution in [1.82, 2.24) is 5.32 Å². The molecule has 0 saturated carbocycles. The Hall–Kier alpha value is -2.44. The van der Waals surface area contributed by atoms with Crippen molar-refractivity contribution in [2.45, 2.75) is 13.0 Å². The number of para-hydroxylation sites is 1. The molecule has 7 heteroatoms. The van der Waals surface area contributed by atoms with Gasteiger partial charge in [0, 0.05) is 22.0 Å². The summed E-state index contributed by atoms with van der Waals surface area (Å²) in [5.41, 5.74) is 1.74. The maximum absolute atomic E-state index is 14.5. The van der Waals surface area contributed by atoms with Crippen LogP contribution in [0.5, 0.6) is 0 Å². The van der Waals surface area contributed by atoms with Gasteiger partial charge in [0.2, 0.25) is 0 Å². The predicted molar refractivity (Wildman–Crippen MR) is 104 cm³/mol. The summed E-state index contributed by atoms with van der Waals surface area (Å²) in [6, 6.07) is 12.9. The lowest BCUT2D eigenvalue weighted by molar-refractivity contribution is -0.136. The van der Waals surface area contributed by atoms with Crippen molar-refractivity contribution in [2.24, 2.45) is 0 Å². The lowest BCUT2D eigenvalue weighted by Gasteiger charge is -2.37. The minimum Gasteiger partial charge on any atom is -0.466 e. The Bertz CT molecular complexity index is 881. The zero-order valence-corrected chi connectivity index (χ0v) is 15.7. The molecule has 2 aromatic carbocycles. The standard InChI is InChI=1S/C19H16ClFN2O2S/c1-11-15(18(24)25-2)17(16-13(20)9-6-10-14(16)21)22-19(26)23(11)12-7-4-3-5-8-12/h3-10,17H,1-2H3,(H,22,26)/t17-/m0/s1. The molecule has 0 spiro atoms. The summed E-state index contributed by atoms with van der Waals surface area (Å²) >= 11 is 11.7. The number of carbonyl (C=O) groups excluding carboxylic acids is 1. The van der Waals surface area contributed by atoms with Crippen molar-refractivity contribution < 1.29 is 13.9 Å². The molecule has 1 aliphatic rings. The average molecular weight is 391 g/mol. The Labute approximate surface area is 161 Å². The number of methoxy groups -OCH3 is 1. The number of rotatable bonds is 3. The van der Waals surface area contributed by atoms with Crippen molar-refractivity contribution in [3.05, 3.63) is 76.2 Å². The van der Waals surface area contributed by atoms with Crippen LogP contribution < -0.4 is 10.2 Å². The molecule has 0 unspecified atom stereocenters. The minimum absolute atomic E-state index is 0.156. The van der Waals surface area contributed by atoms with Gasteiger partial charge in [-0.3, -0.25) is 4.90 Å². The molecular formula is C19H16ClFN2O2S. The third kappa shape index (κ3) is 3.18. The van der Waals surface area contributed by atoms with Gasteiger partial charge in [0.15, 0.2) is 5.11 Å². The molecule has 0 saturated heterocycles. The van der Waals surface area contributed by atoms with Crippen LogP contribution in [-0.2, 0) is 9.53 Å². The monoisotopic (exact) mass is 390 g/mol. The number of thiocarbonyl (C=S) groups is 1. The van der Waals surface area contributed by atoms with Gasteiger partial charge < -0.3 is 10.1 Å². The molecule has 0 bridgehead atoms. The number of nitrogens with one attached hydrogen (secondary N) is 1. The average Bonchev–Trinajstić information content (AvgIpc) is 2.62. The van der Waals surface area contributed by atoms with Crippen LogP contribution in [-0.4, -0.2) is 18.2 Å². The molecule has 0 aliphatic carbocycles. The number of carbonyl (C=O) groups is 1. The van der Waals surface area contributed by atoms with Crippen molar-refractivity contribution in [3.8, 4) is 0 Å². The van der Waals surface area contributed by atoms with Crippen molar-refractivity contribution in [1.29, 1.82) is 0 Å². The predicted octanol–water partition coefficient (Wildman–Crippen LogP) is 4.36. The van der Waals surface area contributed by atoms with Gasteiger partial charge in [0.1, 0.15) is 5.82 Å². The van der Waals surface area contributed by atoms with Crippen LogP contribution in [0, 0.1) is 5.82 Å². The smallest absolute Gasteiger partial charge is 0.337 e. The maximum atomic E-state index is 14.5. The first kappa shape index (κ1) is 18.4. The molecule has 0 amide bonds. The normalized spacial score (nSPS) is 17.2. The van der Waals surface area contributed by atoms with E-state index in [2.05, 4.69) is 5.32 Å². The van der Waals surface area contributed by atoms with E-state index in [-0.39, 0.29) is 16.2 Å². The van der Waals surface area contributed by atoms with E-state index in [1.807, 2.05) is 30.3 Å². The number of hydrogen-bond acceptors (Lipinski definition) is 3. The van der Waals surface area contributed by atoms with Crippen LogP contribution in [0.4, 0.5) is 10.1 Å². The van der Waals surface area contributed by atoms with Crippen molar-refractivity contribution >= 4 is 40.6 Å². The second-order valence-electron chi connectivity index (χ2n) is 5.68. The zero-order chi connectivity index (χ0) is 18.8. The summed E-state index contributed by atoms with van der Waals surface area (Å²) in [6.45, 7) is 1.74. The second-order valence-corrected chi connectivity index (χ2v) is 6.47. The van der Waals surface area contributed by atoms with Gasteiger partial charge >= 0.3 is 5.97 Å². The third-order valence-electron chi connectivity index (χ3n) is 4.19. The first-order chi connectivity index (χ1) is 12.5. The molecular weight excluding hydrogens is 375 g/mol. The SMILES string of the molecule is COC(=O)C1=C(C)N(c2ccccc2)C(=S)N[C@@H]1c1c(F)cccc1Cl. The van der Waals surface area contributed by atoms with Crippen molar-refractivity contribution in [3.63, 3.8) is 0 Å². The molecule has 1 aliphatic heterocycles. The lowest BCUT2D eigenvalue weighted by atomic mass is 9.94. The van der Waals surface area contributed by atoms with Crippen LogP contribution in [0.15, 0.2) is 59.8 Å². The van der Waals surface area contributed by atoms with Gasteiger partial charge in [-0.15, -0.1) is 0 Å². The minimum atomic E-state index is -0.844. The molecule has 1 N–H and O–H groups in total. The van der Waals surface area contributed by atoms with Gasteiger partial charge in [-0.2, -0.15) is 0 Å². The molecule has 1 atom stereocenters. The Balaban J connectivity index is 2.20. The number of esters is 1. The van der Waals surface area contributed by atoms with Crippen LogP contribution in [0.3, 0.4) is 0 Å². The van der Waals surface area contributed by atoms with E-state index in [4.69, 9.17) is 28.6 Å². The van der Waals surface area contributed by atoms with E-state index in [0.29, 0.717) is 10.8 Å². The molecule has 26 heavy (non-hydrogen) atoms. The fourth-order valence-corrected chi connectivity index (χ4v) is 3.64. The Morgan fingerprint density at radius 1 is 1.23 bits per heavy atom. The summed E-state index contributed by atoms with van der Waals surface area (Å²) in [5, 5.41) is 3.57. The first-order valence-corrected chi connectivity index (χ1v) is 8.63. The van der Waals surface area contributed by atoms with Crippen LogP contribution in [0.25, 0.3) is 0 Å². The Morgan fingerprint density at radius 2 is 1.92 bits per heavy atom. The number of anilines is 1. The van der Waals surface area contributed by atoms with Gasteiger partial charge in [-0.1, -0.05) is 35.9 Å². The zero-order valence-electron chi connectivity index (χ0n) is 14.1. The largest absolute Gasteiger partial charge is 0.466 e. The van der Waals surface area contributed by atoms with E-state index in [9.17, 15) is 9.18 Å². The van der Waals surface area contributed by atoms with E-state index < -0.39 is 17.8 Å². The molecule has 4 nitrogen and oxygen atoms in total. The number of benzene rings is 2. The van der Waals surface area contributed by atoms with E-state index >= 15 is 0 Å². The first-order valence-electron chi connectivity index (χ1n) is 7.84.